The lowest BCUT2D eigenvalue weighted by molar-refractivity contribution is 0.307. The summed E-state index contributed by atoms with van der Waals surface area (Å²) in [6.07, 6.45) is 5.54. The Morgan fingerprint density at radius 3 is 2.69 bits per heavy atom. The minimum atomic E-state index is 0.107. The van der Waals surface area contributed by atoms with Gasteiger partial charge in [-0.2, -0.15) is 0 Å². The molecule has 2 heteroatoms. The Morgan fingerprint density at radius 1 is 1.23 bits per heavy atom. The smallest absolute Gasteiger partial charge is 0.0626 e. The van der Waals surface area contributed by atoms with E-state index < -0.39 is 0 Å². The molecule has 68 valence electrons. The van der Waals surface area contributed by atoms with Gasteiger partial charge >= 0.3 is 0 Å². The Hall–Kier alpha value is -1.41. The van der Waals surface area contributed by atoms with Crippen molar-refractivity contribution in [3.63, 3.8) is 0 Å². The number of aliphatic imine (C=N–C) groups is 1. The first kappa shape index (κ1) is 9.68. The molecule has 0 aliphatic rings. The highest BCUT2D eigenvalue weighted by Gasteiger charge is 1.79. The highest BCUT2D eigenvalue weighted by atomic mass is 16.3. The van der Waals surface area contributed by atoms with Gasteiger partial charge in [0.2, 0.25) is 0 Å². The van der Waals surface area contributed by atoms with Crippen LogP contribution in [0, 0.1) is 0 Å². The van der Waals surface area contributed by atoms with E-state index in [0.29, 0.717) is 6.54 Å². The first-order chi connectivity index (χ1) is 6.43. The van der Waals surface area contributed by atoms with Crippen molar-refractivity contribution in [2.75, 3.05) is 13.2 Å². The van der Waals surface area contributed by atoms with Gasteiger partial charge < -0.3 is 5.11 Å². The van der Waals surface area contributed by atoms with Crippen molar-refractivity contribution in [1.82, 2.24) is 0 Å². The zero-order chi connectivity index (χ0) is 9.36. The third-order valence-electron chi connectivity index (χ3n) is 1.51. The van der Waals surface area contributed by atoms with E-state index in [1.54, 1.807) is 6.21 Å². The molecule has 0 spiro atoms. The molecule has 0 unspecified atom stereocenters. The van der Waals surface area contributed by atoms with E-state index >= 15 is 0 Å². The molecule has 0 heterocycles. The van der Waals surface area contributed by atoms with Crippen LogP contribution in [0.2, 0.25) is 0 Å². The molecule has 0 radical (unpaired) electrons. The maximum Gasteiger partial charge on any atom is 0.0626 e. The van der Waals surface area contributed by atoms with Crippen LogP contribution < -0.4 is 0 Å². The van der Waals surface area contributed by atoms with Crippen LogP contribution >= 0.6 is 0 Å². The van der Waals surface area contributed by atoms with Gasteiger partial charge in [-0.05, 0) is 11.6 Å². The number of allylic oxidation sites excluding steroid dienone is 1. The van der Waals surface area contributed by atoms with Gasteiger partial charge in [-0.1, -0.05) is 36.4 Å². The largest absolute Gasteiger partial charge is 0.394 e. The molecule has 1 aromatic rings. The van der Waals surface area contributed by atoms with Crippen LogP contribution in [0.15, 0.2) is 41.4 Å². The van der Waals surface area contributed by atoms with Crippen LogP contribution in [-0.2, 0) is 0 Å². The van der Waals surface area contributed by atoms with Gasteiger partial charge in [0.15, 0.2) is 0 Å². The summed E-state index contributed by atoms with van der Waals surface area (Å²) in [7, 11) is 0. The zero-order valence-electron chi connectivity index (χ0n) is 7.43. The lowest BCUT2D eigenvalue weighted by Crippen LogP contribution is -1.85. The lowest BCUT2D eigenvalue weighted by Gasteiger charge is -1.88. The van der Waals surface area contributed by atoms with E-state index in [0.717, 1.165) is 5.56 Å². The van der Waals surface area contributed by atoms with Crippen LogP contribution in [0.5, 0.6) is 0 Å². The van der Waals surface area contributed by atoms with E-state index in [2.05, 4.69) is 4.99 Å². The summed E-state index contributed by atoms with van der Waals surface area (Å²) >= 11 is 0. The number of rotatable bonds is 4. The number of hydrogen-bond donors (Lipinski definition) is 1. The Kier molecular flexibility index (Phi) is 4.57. The number of benzene rings is 1. The predicted octanol–water partition coefficient (Wildman–Crippen LogP) is 1.76. The summed E-state index contributed by atoms with van der Waals surface area (Å²) in [4.78, 5) is 3.94. The van der Waals surface area contributed by atoms with Crippen LogP contribution in [0.3, 0.4) is 0 Å². The molecule has 1 N–H and O–H groups in total. The maximum absolute atomic E-state index is 8.44. The lowest BCUT2D eigenvalue weighted by atomic mass is 10.2. The molecular formula is C11H13NO. The van der Waals surface area contributed by atoms with Gasteiger partial charge in [-0.25, -0.2) is 0 Å². The molecule has 0 aliphatic carbocycles. The van der Waals surface area contributed by atoms with Crippen molar-refractivity contribution < 1.29 is 5.11 Å². The van der Waals surface area contributed by atoms with Crippen molar-refractivity contribution in [2.45, 2.75) is 0 Å². The number of aliphatic hydroxyl groups excluding tert-OH is 1. The van der Waals surface area contributed by atoms with Crippen LogP contribution in [-0.4, -0.2) is 24.5 Å². The molecule has 0 atom stereocenters. The van der Waals surface area contributed by atoms with Crippen molar-refractivity contribution in [1.29, 1.82) is 0 Å². The Morgan fingerprint density at radius 2 is 2.00 bits per heavy atom. The van der Waals surface area contributed by atoms with E-state index in [-0.39, 0.29) is 6.61 Å². The molecule has 1 aromatic carbocycles. The normalized spacial score (nSPS) is 11.5. The first-order valence-corrected chi connectivity index (χ1v) is 4.26. The molecule has 0 fully saturated rings. The molecule has 1 rings (SSSR count). The highest BCUT2D eigenvalue weighted by molar-refractivity contribution is 5.78. The van der Waals surface area contributed by atoms with E-state index in [9.17, 15) is 0 Å². The molecule has 2 nitrogen and oxygen atoms in total. The van der Waals surface area contributed by atoms with E-state index in [1.165, 1.54) is 0 Å². The van der Waals surface area contributed by atoms with Crippen LogP contribution in [0.1, 0.15) is 5.56 Å². The topological polar surface area (TPSA) is 32.6 Å². The van der Waals surface area contributed by atoms with Crippen molar-refractivity contribution in [3.05, 3.63) is 42.0 Å². The maximum atomic E-state index is 8.44. The highest BCUT2D eigenvalue weighted by Crippen LogP contribution is 1.99. The van der Waals surface area contributed by atoms with Crippen molar-refractivity contribution in [3.8, 4) is 0 Å². The third kappa shape index (κ3) is 4.23. The molecule has 0 amide bonds. The summed E-state index contributed by atoms with van der Waals surface area (Å²) in [5, 5.41) is 8.44. The molecule has 0 aliphatic heterocycles. The van der Waals surface area contributed by atoms with Crippen LogP contribution in [0.25, 0.3) is 6.08 Å². The molecule has 13 heavy (non-hydrogen) atoms. The second kappa shape index (κ2) is 6.14. The quantitative estimate of drug-likeness (QED) is 0.695. The second-order valence-electron chi connectivity index (χ2n) is 2.55. The first-order valence-electron chi connectivity index (χ1n) is 4.26. The molecular weight excluding hydrogens is 162 g/mol. The fourth-order valence-electron chi connectivity index (χ4n) is 0.911. The fourth-order valence-corrected chi connectivity index (χ4v) is 0.911. The minimum absolute atomic E-state index is 0.107. The summed E-state index contributed by atoms with van der Waals surface area (Å²) in [6.45, 7) is 0.578. The molecule has 0 saturated carbocycles. The molecule has 0 aromatic heterocycles. The van der Waals surface area contributed by atoms with Crippen molar-refractivity contribution >= 4 is 12.3 Å². The van der Waals surface area contributed by atoms with Gasteiger partial charge in [-0.3, -0.25) is 4.99 Å². The summed E-state index contributed by atoms with van der Waals surface area (Å²) < 4.78 is 0. The standard InChI is InChI=1S/C11H13NO/c13-10-9-12-8-4-7-11-5-2-1-3-6-11/h1-8,13H,9-10H2/b7-4-,12-8?. The van der Waals surface area contributed by atoms with Gasteiger partial charge in [0, 0.05) is 6.21 Å². The van der Waals surface area contributed by atoms with E-state index in [4.69, 9.17) is 5.11 Å². The van der Waals surface area contributed by atoms with Gasteiger partial charge in [-0.15, -0.1) is 0 Å². The van der Waals surface area contributed by atoms with Gasteiger partial charge in [0.1, 0.15) is 0 Å². The molecule has 0 bridgehead atoms. The minimum Gasteiger partial charge on any atom is -0.394 e. The number of nitrogens with zero attached hydrogens (tertiary/aromatic N) is 1. The number of hydrogen-bond acceptors (Lipinski definition) is 2. The van der Waals surface area contributed by atoms with Gasteiger partial charge in [0.05, 0.1) is 13.2 Å². The Balaban J connectivity index is 2.41. The fraction of sp³-hybridized carbons (Fsp3) is 0.182. The van der Waals surface area contributed by atoms with Crippen molar-refractivity contribution in [2.24, 2.45) is 4.99 Å². The van der Waals surface area contributed by atoms with E-state index in [1.807, 2.05) is 42.5 Å². The Bertz CT molecular complexity index is 277. The van der Waals surface area contributed by atoms with Crippen LogP contribution in [0.4, 0.5) is 0 Å². The number of aliphatic hydroxyl groups is 1. The average Bonchev–Trinajstić information content (AvgIpc) is 2.19. The second-order valence-corrected chi connectivity index (χ2v) is 2.55. The summed E-state index contributed by atoms with van der Waals surface area (Å²) in [6, 6.07) is 10.0. The Labute approximate surface area is 78.3 Å². The van der Waals surface area contributed by atoms with Gasteiger partial charge in [0.25, 0.3) is 0 Å². The monoisotopic (exact) mass is 175 g/mol. The summed E-state index contributed by atoms with van der Waals surface area (Å²) in [5.74, 6) is 0. The summed E-state index contributed by atoms with van der Waals surface area (Å²) in [5.41, 5.74) is 1.15. The third-order valence-corrected chi connectivity index (χ3v) is 1.51. The zero-order valence-corrected chi connectivity index (χ0v) is 7.43. The predicted molar refractivity (Wildman–Crippen MR) is 55.9 cm³/mol. The average molecular weight is 175 g/mol. The SMILES string of the molecule is OCCN=C/C=C\c1ccccc1. The molecule has 0 saturated heterocycles.